The van der Waals surface area contributed by atoms with Gasteiger partial charge in [0.15, 0.2) is 0 Å². The maximum atomic E-state index is 14.6. The third-order valence-corrected chi connectivity index (χ3v) is 11.0. The van der Waals surface area contributed by atoms with Crippen molar-refractivity contribution in [3.8, 4) is 5.75 Å². The van der Waals surface area contributed by atoms with E-state index in [1.54, 1.807) is 38.6 Å². The van der Waals surface area contributed by atoms with Gasteiger partial charge in [0.05, 0.1) is 23.2 Å². The molecular weight excluding hydrogens is 574 g/mol. The van der Waals surface area contributed by atoms with E-state index < -0.39 is 22.6 Å². The topological polar surface area (TPSA) is 90.4 Å². The number of ether oxygens (including phenoxy) is 1. The van der Waals surface area contributed by atoms with Crippen LogP contribution in [0.15, 0.2) is 79.9 Å². The molecule has 2 unspecified atom stereocenters. The molecule has 8 nitrogen and oxygen atoms in total. The highest BCUT2D eigenvalue weighted by molar-refractivity contribution is 8.02. The van der Waals surface area contributed by atoms with E-state index in [0.29, 0.717) is 52.0 Å². The Kier molecular flexibility index (Phi) is 10.2. The zero-order valence-electron chi connectivity index (χ0n) is 25.5. The first-order chi connectivity index (χ1) is 21.4. The first kappa shape index (κ1) is 31.9. The normalized spacial score (nSPS) is 25.0. The summed E-state index contributed by atoms with van der Waals surface area (Å²) in [6, 6.07) is 16.6. The van der Waals surface area contributed by atoms with Crippen LogP contribution in [0, 0.1) is 11.8 Å². The van der Waals surface area contributed by atoms with Crippen molar-refractivity contribution in [2.24, 2.45) is 11.8 Å². The van der Waals surface area contributed by atoms with E-state index in [9.17, 15) is 19.5 Å². The number of hydrogen-bond acceptors (Lipinski definition) is 6. The molecule has 5 rings (SSSR count). The number of carbonyl (C=O) groups excluding carboxylic acids is 3. The molecule has 1 spiro atoms. The molecule has 3 amide bonds. The zero-order valence-corrected chi connectivity index (χ0v) is 26.3. The number of benzene rings is 2. The van der Waals surface area contributed by atoms with Gasteiger partial charge in [0, 0.05) is 43.7 Å². The van der Waals surface area contributed by atoms with E-state index in [0.717, 1.165) is 23.4 Å². The van der Waals surface area contributed by atoms with Crippen LogP contribution in [0.4, 0.5) is 5.69 Å². The molecule has 3 heterocycles. The van der Waals surface area contributed by atoms with E-state index >= 15 is 0 Å². The monoisotopic (exact) mass is 617 g/mol. The van der Waals surface area contributed by atoms with E-state index in [1.165, 1.54) is 0 Å². The van der Waals surface area contributed by atoms with Gasteiger partial charge in [-0.1, -0.05) is 42.5 Å². The summed E-state index contributed by atoms with van der Waals surface area (Å²) >= 11 is 1.67. The molecule has 2 bridgehead atoms. The molecule has 2 aromatic carbocycles. The van der Waals surface area contributed by atoms with Crippen LogP contribution in [0.1, 0.15) is 38.2 Å². The molecule has 3 aliphatic rings. The van der Waals surface area contributed by atoms with Gasteiger partial charge >= 0.3 is 0 Å². The summed E-state index contributed by atoms with van der Waals surface area (Å²) in [5.74, 6) is -0.765. The lowest BCUT2D eigenvalue weighted by atomic mass is 9.70. The summed E-state index contributed by atoms with van der Waals surface area (Å²) in [6.07, 6.45) is 6.00. The minimum absolute atomic E-state index is 0.0162. The average Bonchev–Trinajstić information content (AvgIpc) is 3.68. The Morgan fingerprint density at radius 2 is 1.80 bits per heavy atom. The fraction of sp³-hybridized carbons (Fsp3) is 0.457. The molecule has 9 heteroatoms. The SMILES string of the molecule is C=CCN(Cc1ccccc1)C(=O)C1N(CCCCO)C(=O)[C@@H]2[C@@H](C(=O)N(CC=C)c3ccc(OCC)cc3)[C@H]3CCC12S3. The summed E-state index contributed by atoms with van der Waals surface area (Å²) in [5, 5.41) is 9.44. The van der Waals surface area contributed by atoms with Crippen LogP contribution in [0.5, 0.6) is 5.75 Å². The third kappa shape index (κ3) is 5.92. The van der Waals surface area contributed by atoms with Gasteiger partial charge in [0.25, 0.3) is 0 Å². The highest BCUT2D eigenvalue weighted by Gasteiger charge is 2.74. The van der Waals surface area contributed by atoms with Crippen molar-refractivity contribution in [3.05, 3.63) is 85.5 Å². The summed E-state index contributed by atoms with van der Waals surface area (Å²) < 4.78 is 4.91. The van der Waals surface area contributed by atoms with Crippen molar-refractivity contribution in [3.63, 3.8) is 0 Å². The number of likely N-dealkylation sites (tertiary alicyclic amines) is 1. The minimum atomic E-state index is -0.687. The van der Waals surface area contributed by atoms with E-state index in [4.69, 9.17) is 4.74 Å². The van der Waals surface area contributed by atoms with Gasteiger partial charge in [0.2, 0.25) is 17.7 Å². The van der Waals surface area contributed by atoms with Crippen molar-refractivity contribution in [2.45, 2.75) is 55.2 Å². The van der Waals surface area contributed by atoms with Crippen LogP contribution < -0.4 is 9.64 Å². The lowest BCUT2D eigenvalue weighted by Crippen LogP contribution is -2.55. The van der Waals surface area contributed by atoms with Crippen LogP contribution in [0.3, 0.4) is 0 Å². The van der Waals surface area contributed by atoms with E-state index in [1.807, 2.05) is 61.5 Å². The standard InChI is InChI=1S/C35H43N3O5S/c1-4-20-36(24-25-12-8-7-9-13-25)34(42)31-35-19-18-28(44-35)29(30(35)33(41)38(31)22-10-11-23-39)32(40)37(21-5-2)26-14-16-27(17-15-26)43-6-3/h4-5,7-9,12-17,28-31,39H,1-2,6,10-11,18-24H2,3H3/t28-,29+,30+,31?,35?/m1/s1. The van der Waals surface area contributed by atoms with Gasteiger partial charge in [-0.25, -0.2) is 0 Å². The van der Waals surface area contributed by atoms with Gasteiger partial charge in [-0.05, 0) is 62.4 Å². The third-order valence-electron chi connectivity index (χ3n) is 9.04. The van der Waals surface area contributed by atoms with Crippen molar-refractivity contribution in [1.82, 2.24) is 9.80 Å². The smallest absolute Gasteiger partial charge is 0.247 e. The molecule has 234 valence electrons. The van der Waals surface area contributed by atoms with Crippen molar-refractivity contribution in [1.29, 1.82) is 0 Å². The summed E-state index contributed by atoms with van der Waals surface area (Å²) in [6.45, 7) is 11.7. The minimum Gasteiger partial charge on any atom is -0.494 e. The quantitative estimate of drug-likeness (QED) is 0.231. The average molecular weight is 618 g/mol. The molecule has 3 fully saturated rings. The number of anilines is 1. The van der Waals surface area contributed by atoms with Crippen LogP contribution in [0.2, 0.25) is 0 Å². The maximum absolute atomic E-state index is 14.6. The second-order valence-electron chi connectivity index (χ2n) is 11.7. The van der Waals surface area contributed by atoms with Crippen LogP contribution in [-0.2, 0) is 20.9 Å². The fourth-order valence-electron chi connectivity index (χ4n) is 7.23. The molecule has 0 radical (unpaired) electrons. The predicted octanol–water partition coefficient (Wildman–Crippen LogP) is 4.68. The fourth-order valence-corrected chi connectivity index (χ4v) is 9.44. The molecule has 0 aliphatic carbocycles. The molecule has 3 aliphatic heterocycles. The second-order valence-corrected chi connectivity index (χ2v) is 13.3. The van der Waals surface area contributed by atoms with Crippen LogP contribution in [-0.4, -0.2) is 81.5 Å². The second kappa shape index (κ2) is 14.0. The molecule has 1 N–H and O–H groups in total. The Morgan fingerprint density at radius 1 is 1.07 bits per heavy atom. The number of rotatable bonds is 15. The number of fused-ring (bicyclic) bond motifs is 1. The molecule has 3 saturated heterocycles. The van der Waals surface area contributed by atoms with Gasteiger partial charge in [-0.15, -0.1) is 24.9 Å². The molecular formula is C35H43N3O5S. The number of nitrogens with zero attached hydrogens (tertiary/aromatic N) is 3. The Labute approximate surface area is 264 Å². The summed E-state index contributed by atoms with van der Waals surface area (Å²) in [4.78, 5) is 48.7. The van der Waals surface area contributed by atoms with Crippen molar-refractivity contribution < 1.29 is 24.2 Å². The van der Waals surface area contributed by atoms with Crippen LogP contribution in [0.25, 0.3) is 0 Å². The van der Waals surface area contributed by atoms with E-state index in [-0.39, 0.29) is 29.6 Å². The number of aliphatic hydroxyl groups is 1. The van der Waals surface area contributed by atoms with Gasteiger partial charge < -0.3 is 24.5 Å². The Bertz CT molecular complexity index is 1350. The van der Waals surface area contributed by atoms with Crippen molar-refractivity contribution in [2.75, 3.05) is 37.7 Å². The Balaban J connectivity index is 1.49. The van der Waals surface area contributed by atoms with Gasteiger partial charge in [-0.2, -0.15) is 0 Å². The number of carbonyl (C=O) groups is 3. The lowest BCUT2D eigenvalue weighted by molar-refractivity contribution is -0.143. The first-order valence-corrected chi connectivity index (χ1v) is 16.5. The number of amides is 3. The van der Waals surface area contributed by atoms with Crippen LogP contribution >= 0.6 is 11.8 Å². The number of thioether (sulfide) groups is 1. The van der Waals surface area contributed by atoms with Gasteiger partial charge in [0.1, 0.15) is 11.8 Å². The lowest BCUT2D eigenvalue weighted by Gasteiger charge is -2.37. The van der Waals surface area contributed by atoms with E-state index in [2.05, 4.69) is 13.2 Å². The Hall–Kier alpha value is -3.56. The molecule has 5 atom stereocenters. The van der Waals surface area contributed by atoms with Gasteiger partial charge in [-0.3, -0.25) is 14.4 Å². The number of hydrogen-bond donors (Lipinski definition) is 1. The molecule has 44 heavy (non-hydrogen) atoms. The first-order valence-electron chi connectivity index (χ1n) is 15.6. The largest absolute Gasteiger partial charge is 0.494 e. The van der Waals surface area contributed by atoms with Crippen molar-refractivity contribution >= 4 is 35.2 Å². The molecule has 2 aromatic rings. The molecule has 0 aromatic heterocycles. The maximum Gasteiger partial charge on any atom is 0.247 e. The highest BCUT2D eigenvalue weighted by atomic mass is 32.2. The number of aliphatic hydroxyl groups excluding tert-OH is 1. The summed E-state index contributed by atoms with van der Waals surface area (Å²) in [5.41, 5.74) is 1.72. The zero-order chi connectivity index (χ0) is 31.3. The summed E-state index contributed by atoms with van der Waals surface area (Å²) in [7, 11) is 0. The number of unbranched alkanes of at least 4 members (excludes halogenated alkanes) is 1. The highest BCUT2D eigenvalue weighted by Crippen LogP contribution is 2.66. The Morgan fingerprint density at radius 3 is 2.45 bits per heavy atom. The molecule has 0 saturated carbocycles. The predicted molar refractivity (Wildman–Crippen MR) is 174 cm³/mol.